The van der Waals surface area contributed by atoms with Crippen molar-refractivity contribution < 1.29 is 9.84 Å². The van der Waals surface area contributed by atoms with Crippen molar-refractivity contribution in [3.8, 4) is 5.75 Å². The summed E-state index contributed by atoms with van der Waals surface area (Å²) in [6.45, 7) is 6.55. The van der Waals surface area contributed by atoms with Gasteiger partial charge in [-0.2, -0.15) is 0 Å². The number of rotatable bonds is 6. The highest BCUT2D eigenvalue weighted by Gasteiger charge is 2.39. The number of piperazine rings is 1. The Morgan fingerprint density at radius 3 is 2.48 bits per heavy atom. The summed E-state index contributed by atoms with van der Waals surface area (Å²) in [5, 5.41) is 10.1. The van der Waals surface area contributed by atoms with Crippen LogP contribution in [0, 0.1) is 0 Å². The first kappa shape index (κ1) is 18.5. The normalized spacial score (nSPS) is 26.1. The summed E-state index contributed by atoms with van der Waals surface area (Å²) in [5.41, 5.74) is 2.71. The number of aliphatic hydroxyl groups is 1. The summed E-state index contributed by atoms with van der Waals surface area (Å²) in [5.74, 6) is 0.936. The molecule has 0 bridgehead atoms. The predicted molar refractivity (Wildman–Crippen MR) is 108 cm³/mol. The lowest BCUT2D eigenvalue weighted by Gasteiger charge is -2.44. The van der Waals surface area contributed by atoms with Crippen molar-refractivity contribution >= 4 is 0 Å². The van der Waals surface area contributed by atoms with Crippen LogP contribution in [0.4, 0.5) is 0 Å². The fourth-order valence-electron chi connectivity index (χ4n) is 4.54. The number of nitrogens with zero attached hydrogens (tertiary/aromatic N) is 2. The van der Waals surface area contributed by atoms with Crippen LogP contribution >= 0.6 is 0 Å². The summed E-state index contributed by atoms with van der Waals surface area (Å²) in [6, 6.07) is 20.2. The minimum Gasteiger partial charge on any atom is -0.494 e. The Morgan fingerprint density at radius 1 is 0.963 bits per heavy atom. The molecule has 1 N–H and O–H groups in total. The number of fused-ring (bicyclic) bond motifs is 1. The SMILES string of the molecule is CCOc1ccc(CN2C[C@@H]3C[C@@H](O)CN3C[C@@H]2Cc2ccccc2)cc1. The van der Waals surface area contributed by atoms with E-state index in [0.717, 1.165) is 44.8 Å². The molecule has 2 aromatic rings. The van der Waals surface area contributed by atoms with Gasteiger partial charge < -0.3 is 9.84 Å². The van der Waals surface area contributed by atoms with Crippen molar-refractivity contribution in [2.75, 3.05) is 26.2 Å². The molecule has 0 spiro atoms. The largest absolute Gasteiger partial charge is 0.494 e. The van der Waals surface area contributed by atoms with E-state index >= 15 is 0 Å². The molecule has 0 amide bonds. The maximum Gasteiger partial charge on any atom is 0.119 e. The van der Waals surface area contributed by atoms with Crippen LogP contribution in [0.15, 0.2) is 54.6 Å². The van der Waals surface area contributed by atoms with Crippen LogP contribution in [0.3, 0.4) is 0 Å². The molecule has 2 aromatic carbocycles. The molecular weight excluding hydrogens is 336 g/mol. The van der Waals surface area contributed by atoms with E-state index in [1.54, 1.807) is 0 Å². The van der Waals surface area contributed by atoms with Crippen molar-refractivity contribution in [1.29, 1.82) is 0 Å². The Morgan fingerprint density at radius 2 is 1.74 bits per heavy atom. The maximum absolute atomic E-state index is 10.1. The van der Waals surface area contributed by atoms with Crippen molar-refractivity contribution in [2.24, 2.45) is 0 Å². The van der Waals surface area contributed by atoms with Crippen LogP contribution in [0.1, 0.15) is 24.5 Å². The van der Waals surface area contributed by atoms with Gasteiger partial charge in [-0.1, -0.05) is 42.5 Å². The Kier molecular flexibility index (Phi) is 5.77. The first-order valence-corrected chi connectivity index (χ1v) is 10.1. The third kappa shape index (κ3) is 4.52. The third-order valence-corrected chi connectivity index (χ3v) is 5.85. The zero-order chi connectivity index (χ0) is 18.6. The van der Waals surface area contributed by atoms with Crippen molar-refractivity contribution in [2.45, 2.75) is 44.5 Å². The average molecular weight is 367 g/mol. The van der Waals surface area contributed by atoms with E-state index in [1.165, 1.54) is 11.1 Å². The molecule has 0 aliphatic carbocycles. The minimum absolute atomic E-state index is 0.169. The van der Waals surface area contributed by atoms with Crippen LogP contribution in [0.5, 0.6) is 5.75 Å². The fraction of sp³-hybridized carbons (Fsp3) is 0.478. The van der Waals surface area contributed by atoms with Gasteiger partial charge in [0.1, 0.15) is 5.75 Å². The molecule has 0 unspecified atom stereocenters. The lowest BCUT2D eigenvalue weighted by molar-refractivity contribution is 0.0445. The molecular formula is C23H30N2O2. The summed E-state index contributed by atoms with van der Waals surface area (Å²) in [6.07, 6.45) is 1.78. The van der Waals surface area contributed by atoms with Gasteiger partial charge in [-0.3, -0.25) is 9.80 Å². The average Bonchev–Trinajstić information content (AvgIpc) is 3.03. The molecule has 2 saturated heterocycles. The van der Waals surface area contributed by atoms with Gasteiger partial charge in [0.15, 0.2) is 0 Å². The first-order valence-electron chi connectivity index (χ1n) is 10.1. The Balaban J connectivity index is 1.49. The van der Waals surface area contributed by atoms with E-state index in [9.17, 15) is 5.11 Å². The second-order valence-corrected chi connectivity index (χ2v) is 7.85. The monoisotopic (exact) mass is 366 g/mol. The third-order valence-electron chi connectivity index (χ3n) is 5.85. The highest BCUT2D eigenvalue weighted by molar-refractivity contribution is 5.27. The van der Waals surface area contributed by atoms with Gasteiger partial charge in [-0.05, 0) is 43.0 Å². The number of aliphatic hydroxyl groups excluding tert-OH is 1. The first-order chi connectivity index (χ1) is 13.2. The molecule has 2 aliphatic rings. The Bertz CT molecular complexity index is 719. The van der Waals surface area contributed by atoms with Crippen molar-refractivity contribution in [3.05, 3.63) is 65.7 Å². The summed E-state index contributed by atoms with van der Waals surface area (Å²) >= 11 is 0. The van der Waals surface area contributed by atoms with Gasteiger partial charge in [0, 0.05) is 38.3 Å². The van der Waals surface area contributed by atoms with Crippen LogP contribution in [0.2, 0.25) is 0 Å². The van der Waals surface area contributed by atoms with Crippen LogP contribution in [0.25, 0.3) is 0 Å². The minimum atomic E-state index is -0.169. The van der Waals surface area contributed by atoms with Crippen molar-refractivity contribution in [1.82, 2.24) is 9.80 Å². The molecule has 2 aliphatic heterocycles. The number of hydrogen-bond donors (Lipinski definition) is 1. The highest BCUT2D eigenvalue weighted by atomic mass is 16.5. The van der Waals surface area contributed by atoms with E-state index in [4.69, 9.17) is 4.74 Å². The quantitative estimate of drug-likeness (QED) is 0.853. The van der Waals surface area contributed by atoms with Crippen LogP contribution < -0.4 is 4.74 Å². The van der Waals surface area contributed by atoms with Crippen molar-refractivity contribution in [3.63, 3.8) is 0 Å². The maximum atomic E-state index is 10.1. The lowest BCUT2D eigenvalue weighted by atomic mass is 9.99. The second kappa shape index (κ2) is 8.42. The van der Waals surface area contributed by atoms with Gasteiger partial charge in [0.2, 0.25) is 0 Å². The second-order valence-electron chi connectivity index (χ2n) is 7.85. The molecule has 27 heavy (non-hydrogen) atoms. The van der Waals surface area contributed by atoms with Crippen LogP contribution in [-0.2, 0) is 13.0 Å². The zero-order valence-electron chi connectivity index (χ0n) is 16.1. The van der Waals surface area contributed by atoms with E-state index < -0.39 is 0 Å². The molecule has 144 valence electrons. The summed E-state index contributed by atoms with van der Waals surface area (Å²) in [7, 11) is 0. The molecule has 4 rings (SSSR count). The fourth-order valence-corrected chi connectivity index (χ4v) is 4.54. The van der Waals surface area contributed by atoms with E-state index in [0.29, 0.717) is 18.7 Å². The van der Waals surface area contributed by atoms with Gasteiger partial charge >= 0.3 is 0 Å². The molecule has 0 saturated carbocycles. The summed E-state index contributed by atoms with van der Waals surface area (Å²) < 4.78 is 5.57. The van der Waals surface area contributed by atoms with E-state index in [2.05, 4.69) is 64.4 Å². The molecule has 2 heterocycles. The Labute approximate surface area is 162 Å². The van der Waals surface area contributed by atoms with Gasteiger partial charge in [-0.15, -0.1) is 0 Å². The number of hydrogen-bond acceptors (Lipinski definition) is 4. The van der Waals surface area contributed by atoms with Gasteiger partial charge in [0.25, 0.3) is 0 Å². The molecule has 4 nitrogen and oxygen atoms in total. The zero-order valence-corrected chi connectivity index (χ0v) is 16.1. The lowest BCUT2D eigenvalue weighted by Crippen LogP contribution is -2.56. The van der Waals surface area contributed by atoms with Gasteiger partial charge in [-0.25, -0.2) is 0 Å². The van der Waals surface area contributed by atoms with E-state index in [1.807, 2.05) is 6.92 Å². The standard InChI is InChI=1S/C23H30N2O2/c1-2-27-23-10-8-19(9-11-23)14-24-16-21-13-22(26)17-25(21)15-20(24)12-18-6-4-3-5-7-18/h3-11,20-22,26H,2,12-17H2,1H3/t20-,21-,22+/m0/s1. The number of ether oxygens (including phenoxy) is 1. The van der Waals surface area contributed by atoms with E-state index in [-0.39, 0.29) is 6.10 Å². The highest BCUT2D eigenvalue weighted by Crippen LogP contribution is 2.28. The number of benzene rings is 2. The predicted octanol–water partition coefficient (Wildman–Crippen LogP) is 2.95. The van der Waals surface area contributed by atoms with Gasteiger partial charge in [0.05, 0.1) is 12.7 Å². The molecule has 0 radical (unpaired) electrons. The Hall–Kier alpha value is -1.88. The molecule has 2 fully saturated rings. The topological polar surface area (TPSA) is 35.9 Å². The smallest absolute Gasteiger partial charge is 0.119 e. The summed E-state index contributed by atoms with van der Waals surface area (Å²) in [4.78, 5) is 5.11. The molecule has 3 atom stereocenters. The molecule has 4 heteroatoms. The van der Waals surface area contributed by atoms with Crippen LogP contribution in [-0.4, -0.2) is 59.3 Å². The molecule has 0 aromatic heterocycles.